The summed E-state index contributed by atoms with van der Waals surface area (Å²) in [4.78, 5) is 28.3. The quantitative estimate of drug-likeness (QED) is 0.0451. The fourth-order valence-electron chi connectivity index (χ4n) is 5.06. The summed E-state index contributed by atoms with van der Waals surface area (Å²) in [6, 6.07) is 24.2. The molecular formula is C34H26FN3O4S2. The number of carbonyl (C=O) groups excluding carboxylic acids is 2. The number of amides is 1. The minimum atomic E-state index is -1.03. The number of nitrogens with zero attached hydrogens (tertiary/aromatic N) is 3. The lowest BCUT2D eigenvalue weighted by atomic mass is 9.95. The van der Waals surface area contributed by atoms with Gasteiger partial charge in [-0.1, -0.05) is 102 Å². The van der Waals surface area contributed by atoms with Crippen LogP contribution in [0.1, 0.15) is 28.3 Å². The van der Waals surface area contributed by atoms with Gasteiger partial charge in [-0.25, -0.2) is 4.39 Å². The van der Waals surface area contributed by atoms with Crippen LogP contribution in [-0.2, 0) is 15.3 Å². The first-order valence-electron chi connectivity index (χ1n) is 13.7. The zero-order chi connectivity index (χ0) is 30.8. The van der Waals surface area contributed by atoms with Crippen molar-refractivity contribution in [2.75, 3.05) is 11.5 Å². The van der Waals surface area contributed by atoms with Crippen molar-refractivity contribution >= 4 is 56.5 Å². The van der Waals surface area contributed by atoms with Crippen molar-refractivity contribution in [3.63, 3.8) is 0 Å². The van der Waals surface area contributed by atoms with Gasteiger partial charge in [-0.2, -0.15) is 0 Å². The molecule has 1 aliphatic rings. The third kappa shape index (κ3) is 5.61. The molecule has 0 unspecified atom stereocenters. The van der Waals surface area contributed by atoms with Crippen molar-refractivity contribution in [1.29, 1.82) is 0 Å². The molecule has 1 aromatic heterocycles. The Morgan fingerprint density at radius 1 is 1.07 bits per heavy atom. The fourth-order valence-corrected chi connectivity index (χ4v) is 6.93. The zero-order valence-electron chi connectivity index (χ0n) is 23.6. The van der Waals surface area contributed by atoms with Gasteiger partial charge in [-0.05, 0) is 52.6 Å². The fraction of sp³-hybridized carbons (Fsp3) is 0.118. The molecule has 220 valence electrons. The Morgan fingerprint density at radius 3 is 2.61 bits per heavy atom. The Morgan fingerprint density at radius 2 is 1.84 bits per heavy atom. The number of hydrogen-bond acceptors (Lipinski definition) is 8. The summed E-state index contributed by atoms with van der Waals surface area (Å²) in [5, 5.41) is 22.4. The topological polar surface area (TPSA) is 92.6 Å². The number of aromatic nitrogens is 2. The van der Waals surface area contributed by atoms with Crippen molar-refractivity contribution in [1.82, 2.24) is 10.2 Å². The van der Waals surface area contributed by atoms with Gasteiger partial charge in [0.25, 0.3) is 5.78 Å². The summed E-state index contributed by atoms with van der Waals surface area (Å²) in [6.45, 7) is 5.55. The van der Waals surface area contributed by atoms with E-state index in [0.29, 0.717) is 33.6 Å². The summed E-state index contributed by atoms with van der Waals surface area (Å²) in [7, 11) is 0. The second kappa shape index (κ2) is 12.4. The lowest BCUT2D eigenvalue weighted by Gasteiger charge is -2.22. The van der Waals surface area contributed by atoms with Gasteiger partial charge in [-0.3, -0.25) is 14.5 Å². The maximum Gasteiger partial charge on any atom is 0.301 e. The van der Waals surface area contributed by atoms with Crippen LogP contribution >= 0.6 is 23.1 Å². The highest BCUT2D eigenvalue weighted by Crippen LogP contribution is 2.44. The highest BCUT2D eigenvalue weighted by molar-refractivity contribution is 8.00. The molecule has 0 bridgehead atoms. The van der Waals surface area contributed by atoms with Crippen molar-refractivity contribution in [3.8, 4) is 5.75 Å². The van der Waals surface area contributed by atoms with E-state index in [1.54, 1.807) is 37.3 Å². The summed E-state index contributed by atoms with van der Waals surface area (Å²) in [5.41, 5.74) is 1.97. The summed E-state index contributed by atoms with van der Waals surface area (Å²) >= 11 is 2.66. The van der Waals surface area contributed by atoms with Crippen LogP contribution in [0.5, 0.6) is 5.75 Å². The molecular weight excluding hydrogens is 598 g/mol. The van der Waals surface area contributed by atoms with E-state index >= 15 is 0 Å². The molecule has 0 aliphatic carbocycles. The number of anilines is 1. The van der Waals surface area contributed by atoms with E-state index in [9.17, 15) is 19.1 Å². The summed E-state index contributed by atoms with van der Waals surface area (Å²) in [6.07, 6.45) is 1.62. The van der Waals surface area contributed by atoms with Crippen LogP contribution in [0.4, 0.5) is 9.52 Å². The van der Waals surface area contributed by atoms with Gasteiger partial charge in [0, 0.05) is 11.3 Å². The third-order valence-electron chi connectivity index (χ3n) is 7.29. The van der Waals surface area contributed by atoms with Crippen LogP contribution in [0.2, 0.25) is 0 Å². The number of thioether (sulfide) groups is 1. The van der Waals surface area contributed by atoms with Crippen LogP contribution in [-0.4, -0.2) is 33.6 Å². The number of halogens is 1. The minimum absolute atomic E-state index is 0.0885. The highest BCUT2D eigenvalue weighted by atomic mass is 32.2. The SMILES string of the molecule is C=CCOc1ccc([C@@H]2C(=C(O)c3ccc(C)c(F)c3)C(=O)C(=O)N2c2nnc(SCc3cccc4ccccc34)s2)cc1. The first kappa shape index (κ1) is 29.3. The molecule has 4 aromatic carbocycles. The van der Waals surface area contributed by atoms with E-state index in [1.165, 1.54) is 40.1 Å². The van der Waals surface area contributed by atoms with Crippen LogP contribution in [0, 0.1) is 12.7 Å². The van der Waals surface area contributed by atoms with Crippen LogP contribution in [0.15, 0.2) is 107 Å². The summed E-state index contributed by atoms with van der Waals surface area (Å²) in [5.74, 6) is -1.59. The normalized spacial score (nSPS) is 16.0. The number of Topliss-reactive ketones (excluding diaryl/α,β-unsaturated/α-hetero) is 1. The van der Waals surface area contributed by atoms with Crippen molar-refractivity contribution in [3.05, 3.63) is 131 Å². The molecule has 1 fully saturated rings. The molecule has 1 saturated heterocycles. The number of carbonyl (C=O) groups is 2. The van der Waals surface area contributed by atoms with Crippen LogP contribution < -0.4 is 9.64 Å². The van der Waals surface area contributed by atoms with Gasteiger partial charge in [-0.15, -0.1) is 10.2 Å². The number of rotatable bonds is 9. The lowest BCUT2D eigenvalue weighted by molar-refractivity contribution is -0.132. The molecule has 0 spiro atoms. The third-order valence-corrected chi connectivity index (χ3v) is 9.39. The van der Waals surface area contributed by atoms with E-state index in [1.807, 2.05) is 18.2 Å². The first-order chi connectivity index (χ1) is 21.4. The Balaban J connectivity index is 1.37. The molecule has 10 heteroatoms. The van der Waals surface area contributed by atoms with E-state index in [4.69, 9.17) is 4.74 Å². The predicted molar refractivity (Wildman–Crippen MR) is 171 cm³/mol. The standard InChI is InChI=1S/C34H26FN3O4S2/c1-3-17-42-25-15-13-22(14-16-25)29-28(30(39)23-12-11-20(2)27(35)18-23)31(40)32(41)38(29)33-36-37-34(44-33)43-19-24-9-6-8-21-7-4-5-10-26(21)24/h3-16,18,29,39H,1,17,19H2,2H3/t29-/m1/s1. The summed E-state index contributed by atoms with van der Waals surface area (Å²) < 4.78 is 20.7. The van der Waals surface area contributed by atoms with Gasteiger partial charge in [0.1, 0.15) is 23.9 Å². The molecule has 1 amide bonds. The molecule has 5 aromatic rings. The number of ether oxygens (including phenoxy) is 1. The van der Waals surface area contributed by atoms with Gasteiger partial charge in [0.15, 0.2) is 4.34 Å². The maximum atomic E-state index is 14.5. The first-order valence-corrected chi connectivity index (χ1v) is 15.5. The molecule has 1 atom stereocenters. The monoisotopic (exact) mass is 623 g/mol. The van der Waals surface area contributed by atoms with Crippen LogP contribution in [0.25, 0.3) is 16.5 Å². The second-order valence-electron chi connectivity index (χ2n) is 10.1. The van der Waals surface area contributed by atoms with E-state index in [0.717, 1.165) is 22.4 Å². The Bertz CT molecular complexity index is 1930. The average molecular weight is 624 g/mol. The van der Waals surface area contributed by atoms with Crippen molar-refractivity contribution in [2.45, 2.75) is 23.1 Å². The number of benzene rings is 4. The number of fused-ring (bicyclic) bond motifs is 1. The Hall–Kier alpha value is -4.80. The van der Waals surface area contributed by atoms with E-state index < -0.39 is 29.3 Å². The molecule has 0 radical (unpaired) electrons. The van der Waals surface area contributed by atoms with Gasteiger partial charge >= 0.3 is 5.91 Å². The molecule has 0 saturated carbocycles. The second-order valence-corrected chi connectivity index (χ2v) is 12.3. The van der Waals surface area contributed by atoms with E-state index in [-0.39, 0.29) is 16.3 Å². The van der Waals surface area contributed by atoms with Crippen LogP contribution in [0.3, 0.4) is 0 Å². The molecule has 1 N–H and O–H groups in total. The van der Waals surface area contributed by atoms with Gasteiger partial charge in [0.05, 0.1) is 11.6 Å². The van der Waals surface area contributed by atoms with Gasteiger partial charge < -0.3 is 9.84 Å². The molecule has 7 nitrogen and oxygen atoms in total. The smallest absolute Gasteiger partial charge is 0.301 e. The molecule has 2 heterocycles. The molecule has 1 aliphatic heterocycles. The van der Waals surface area contributed by atoms with Crippen molar-refractivity contribution in [2.24, 2.45) is 0 Å². The number of aliphatic hydroxyl groups is 1. The van der Waals surface area contributed by atoms with Gasteiger partial charge in [0.2, 0.25) is 5.13 Å². The minimum Gasteiger partial charge on any atom is -0.507 e. The number of aliphatic hydroxyl groups excluding tert-OH is 1. The average Bonchev–Trinajstić information content (AvgIpc) is 3.61. The highest BCUT2D eigenvalue weighted by Gasteiger charge is 2.48. The largest absolute Gasteiger partial charge is 0.507 e. The maximum absolute atomic E-state index is 14.5. The number of ketones is 1. The Labute approximate surface area is 261 Å². The van der Waals surface area contributed by atoms with E-state index in [2.05, 4.69) is 41.0 Å². The molecule has 6 rings (SSSR count). The number of aryl methyl sites for hydroxylation is 1. The van der Waals surface area contributed by atoms with Crippen molar-refractivity contribution < 1.29 is 23.8 Å². The lowest BCUT2D eigenvalue weighted by Crippen LogP contribution is -2.29. The zero-order valence-corrected chi connectivity index (χ0v) is 25.2. The predicted octanol–water partition coefficient (Wildman–Crippen LogP) is 7.62. The number of hydrogen-bond donors (Lipinski definition) is 1. The molecule has 44 heavy (non-hydrogen) atoms. The Kier molecular flexibility index (Phi) is 8.28.